The molecule has 31 heavy (non-hydrogen) atoms. The second-order valence-corrected chi connectivity index (χ2v) is 7.47. The van der Waals surface area contributed by atoms with E-state index in [4.69, 9.17) is 9.84 Å². The summed E-state index contributed by atoms with van der Waals surface area (Å²) in [6, 6.07) is 17.7. The van der Waals surface area contributed by atoms with Crippen molar-refractivity contribution in [3.05, 3.63) is 78.5 Å². The molecule has 0 unspecified atom stereocenters. The smallest absolute Gasteiger partial charge is 0.255 e. The number of amides is 1. The lowest BCUT2D eigenvalue weighted by atomic mass is 10.1. The molecule has 0 radical (unpaired) electrons. The number of carbonyl (C=O) groups is 1. The van der Waals surface area contributed by atoms with Gasteiger partial charge in [-0.3, -0.25) is 4.79 Å². The van der Waals surface area contributed by atoms with Crippen molar-refractivity contribution in [1.82, 2.24) is 29.9 Å². The first-order valence-corrected chi connectivity index (χ1v) is 10.2. The fourth-order valence-corrected chi connectivity index (χ4v) is 3.52. The fraction of sp³-hybridized carbons (Fsp3) is 0.217. The molecule has 0 aliphatic heterocycles. The Morgan fingerprint density at radius 1 is 1.13 bits per heavy atom. The SMILES string of the molecule is COc1ccc(-c2nn(-c3ccccc3)cc2C(=O)NCc2nncn2C2CC2)cc1. The number of hydrogen-bond acceptors (Lipinski definition) is 5. The molecule has 0 spiro atoms. The number of benzene rings is 2. The standard InChI is InChI=1S/C23H22N6O2/c1-31-19-11-7-16(8-12-19)22-20(14-29(27-22)18-5-3-2-4-6-18)23(30)24-13-21-26-25-15-28(21)17-9-10-17/h2-8,11-12,14-15,17H,9-10,13H2,1H3,(H,24,30). The number of aromatic nitrogens is 5. The maximum absolute atomic E-state index is 13.2. The zero-order valence-corrected chi connectivity index (χ0v) is 17.1. The largest absolute Gasteiger partial charge is 0.497 e. The zero-order chi connectivity index (χ0) is 21.2. The van der Waals surface area contributed by atoms with E-state index >= 15 is 0 Å². The van der Waals surface area contributed by atoms with Crippen LogP contribution in [0.1, 0.15) is 35.1 Å². The predicted octanol–water partition coefficient (Wildman–Crippen LogP) is 3.40. The van der Waals surface area contributed by atoms with Crippen LogP contribution in [0.4, 0.5) is 0 Å². The molecule has 0 atom stereocenters. The summed E-state index contributed by atoms with van der Waals surface area (Å²) in [6.07, 6.45) is 5.75. The Hall–Kier alpha value is -3.94. The van der Waals surface area contributed by atoms with Crippen LogP contribution >= 0.6 is 0 Å². The van der Waals surface area contributed by atoms with Crippen LogP contribution in [0.2, 0.25) is 0 Å². The lowest BCUT2D eigenvalue weighted by Crippen LogP contribution is -2.24. The number of hydrogen-bond donors (Lipinski definition) is 1. The average Bonchev–Trinajstić information content (AvgIpc) is 3.38. The Morgan fingerprint density at radius 3 is 2.61 bits per heavy atom. The third-order valence-electron chi connectivity index (χ3n) is 5.34. The maximum atomic E-state index is 13.2. The molecule has 8 nitrogen and oxygen atoms in total. The quantitative estimate of drug-likeness (QED) is 0.501. The minimum Gasteiger partial charge on any atom is -0.497 e. The second-order valence-electron chi connectivity index (χ2n) is 7.47. The molecular weight excluding hydrogens is 392 g/mol. The van der Waals surface area contributed by atoms with Crippen LogP contribution in [0.15, 0.2) is 67.1 Å². The summed E-state index contributed by atoms with van der Waals surface area (Å²) in [7, 11) is 1.62. The molecule has 2 aromatic heterocycles. The van der Waals surface area contributed by atoms with E-state index in [0.29, 0.717) is 23.8 Å². The molecule has 1 N–H and O–H groups in total. The van der Waals surface area contributed by atoms with Gasteiger partial charge in [-0.25, -0.2) is 4.68 Å². The number of ether oxygens (including phenoxy) is 1. The van der Waals surface area contributed by atoms with E-state index in [-0.39, 0.29) is 5.91 Å². The van der Waals surface area contributed by atoms with Gasteiger partial charge in [0.2, 0.25) is 0 Å². The highest BCUT2D eigenvalue weighted by molar-refractivity contribution is 5.99. The van der Waals surface area contributed by atoms with Crippen molar-refractivity contribution in [2.75, 3.05) is 7.11 Å². The van der Waals surface area contributed by atoms with Gasteiger partial charge < -0.3 is 14.6 Å². The van der Waals surface area contributed by atoms with Gasteiger partial charge in [-0.15, -0.1) is 10.2 Å². The Morgan fingerprint density at radius 2 is 1.90 bits per heavy atom. The Balaban J connectivity index is 1.45. The summed E-state index contributed by atoms with van der Waals surface area (Å²) in [5.74, 6) is 1.30. The minimum absolute atomic E-state index is 0.210. The first kappa shape index (κ1) is 19.0. The molecule has 1 fully saturated rings. The van der Waals surface area contributed by atoms with Gasteiger partial charge in [-0.05, 0) is 49.2 Å². The van der Waals surface area contributed by atoms with E-state index in [1.807, 2.05) is 59.2 Å². The molecule has 0 saturated heterocycles. The highest BCUT2D eigenvalue weighted by atomic mass is 16.5. The normalized spacial score (nSPS) is 13.2. The van der Waals surface area contributed by atoms with E-state index in [1.165, 1.54) is 0 Å². The summed E-state index contributed by atoms with van der Waals surface area (Å²) in [4.78, 5) is 13.2. The Kier molecular flexibility index (Phi) is 4.95. The number of rotatable bonds is 7. The van der Waals surface area contributed by atoms with Crippen LogP contribution < -0.4 is 10.1 Å². The predicted molar refractivity (Wildman–Crippen MR) is 115 cm³/mol. The van der Waals surface area contributed by atoms with Crippen molar-refractivity contribution in [2.45, 2.75) is 25.4 Å². The molecule has 1 amide bonds. The number of nitrogens with one attached hydrogen (secondary N) is 1. The minimum atomic E-state index is -0.210. The van der Waals surface area contributed by atoms with E-state index < -0.39 is 0 Å². The number of carbonyl (C=O) groups excluding carboxylic acids is 1. The first-order chi connectivity index (χ1) is 15.2. The molecular formula is C23H22N6O2. The molecule has 1 saturated carbocycles. The molecule has 1 aliphatic carbocycles. The average molecular weight is 414 g/mol. The molecule has 4 aromatic rings. The third kappa shape index (κ3) is 3.92. The van der Waals surface area contributed by atoms with Crippen LogP contribution in [0.25, 0.3) is 16.9 Å². The van der Waals surface area contributed by atoms with Crippen molar-refractivity contribution >= 4 is 5.91 Å². The molecule has 0 bridgehead atoms. The van der Waals surface area contributed by atoms with Gasteiger partial charge in [0, 0.05) is 17.8 Å². The summed E-state index contributed by atoms with van der Waals surface area (Å²) in [6.45, 7) is 0.313. The number of para-hydroxylation sites is 1. The van der Waals surface area contributed by atoms with Crippen molar-refractivity contribution in [1.29, 1.82) is 0 Å². The topological polar surface area (TPSA) is 86.9 Å². The number of methoxy groups -OCH3 is 1. The van der Waals surface area contributed by atoms with Gasteiger partial charge in [0.05, 0.1) is 24.9 Å². The molecule has 1 aliphatic rings. The fourth-order valence-electron chi connectivity index (χ4n) is 3.52. The first-order valence-electron chi connectivity index (χ1n) is 10.2. The molecule has 2 heterocycles. The monoisotopic (exact) mass is 414 g/mol. The van der Waals surface area contributed by atoms with E-state index in [2.05, 4.69) is 15.5 Å². The highest BCUT2D eigenvalue weighted by Crippen LogP contribution is 2.35. The van der Waals surface area contributed by atoms with Crippen molar-refractivity contribution < 1.29 is 9.53 Å². The van der Waals surface area contributed by atoms with E-state index in [0.717, 1.165) is 35.7 Å². The van der Waals surface area contributed by atoms with Crippen molar-refractivity contribution in [3.8, 4) is 22.7 Å². The maximum Gasteiger partial charge on any atom is 0.255 e. The van der Waals surface area contributed by atoms with Gasteiger partial charge in [-0.2, -0.15) is 5.10 Å². The Labute approximate surface area is 179 Å². The molecule has 5 rings (SSSR count). The lowest BCUT2D eigenvalue weighted by molar-refractivity contribution is 0.0950. The van der Waals surface area contributed by atoms with Crippen LogP contribution in [0, 0.1) is 0 Å². The van der Waals surface area contributed by atoms with Gasteiger partial charge in [0.1, 0.15) is 17.8 Å². The van der Waals surface area contributed by atoms with Gasteiger partial charge >= 0.3 is 0 Å². The van der Waals surface area contributed by atoms with Gasteiger partial charge in [-0.1, -0.05) is 18.2 Å². The molecule has 156 valence electrons. The van der Waals surface area contributed by atoms with Crippen molar-refractivity contribution in [2.24, 2.45) is 0 Å². The summed E-state index contributed by atoms with van der Waals surface area (Å²) < 4.78 is 9.02. The lowest BCUT2D eigenvalue weighted by Gasteiger charge is -2.07. The van der Waals surface area contributed by atoms with Crippen molar-refractivity contribution in [3.63, 3.8) is 0 Å². The van der Waals surface area contributed by atoms with E-state index in [9.17, 15) is 4.79 Å². The van der Waals surface area contributed by atoms with Crippen LogP contribution in [-0.4, -0.2) is 37.6 Å². The third-order valence-corrected chi connectivity index (χ3v) is 5.34. The van der Waals surface area contributed by atoms with Crippen LogP contribution in [-0.2, 0) is 6.54 Å². The number of nitrogens with zero attached hydrogens (tertiary/aromatic N) is 5. The molecule has 8 heteroatoms. The Bertz CT molecular complexity index is 1190. The summed E-state index contributed by atoms with van der Waals surface area (Å²) in [5, 5.41) is 15.8. The summed E-state index contributed by atoms with van der Waals surface area (Å²) >= 11 is 0. The van der Waals surface area contributed by atoms with Crippen LogP contribution in [0.5, 0.6) is 5.75 Å². The van der Waals surface area contributed by atoms with Gasteiger partial charge in [0.25, 0.3) is 5.91 Å². The van der Waals surface area contributed by atoms with E-state index in [1.54, 1.807) is 24.3 Å². The van der Waals surface area contributed by atoms with Gasteiger partial charge in [0.15, 0.2) is 5.82 Å². The molecule has 2 aromatic carbocycles. The summed E-state index contributed by atoms with van der Waals surface area (Å²) in [5.41, 5.74) is 2.81. The zero-order valence-electron chi connectivity index (χ0n) is 17.1. The van der Waals surface area contributed by atoms with Crippen LogP contribution in [0.3, 0.4) is 0 Å². The second kappa shape index (κ2) is 8.06. The highest BCUT2D eigenvalue weighted by Gasteiger charge is 2.26.